The number of ether oxygens (including phenoxy) is 1. The number of rotatable bonds is 10. The fraction of sp³-hybridized carbons (Fsp3) is 0.667. The van der Waals surface area contributed by atoms with Crippen molar-refractivity contribution >= 4 is 11.9 Å². The zero-order valence-corrected chi connectivity index (χ0v) is 9.86. The summed E-state index contributed by atoms with van der Waals surface area (Å²) in [5.74, 6) is -1.81. The van der Waals surface area contributed by atoms with Gasteiger partial charge in [-0.05, 0) is 12.8 Å². The Bertz CT molecular complexity index is 251. The Morgan fingerprint density at radius 2 is 1.59 bits per heavy atom. The summed E-state index contributed by atoms with van der Waals surface area (Å²) in [5.41, 5.74) is 0. The lowest BCUT2D eigenvalue weighted by atomic mass is 10.1. The molecule has 4 nitrogen and oxygen atoms in total. The lowest BCUT2D eigenvalue weighted by Crippen LogP contribution is -2.03. The number of hydrogen-bond acceptors (Lipinski definition) is 3. The molecule has 0 radical (unpaired) electrons. The number of unbranched alkanes of at least 4 members (excludes halogenated alkanes) is 5. The SMILES string of the molecule is O=C(O)C=CC(=O)OCCCCCCCCF. The van der Waals surface area contributed by atoms with Gasteiger partial charge in [-0.3, -0.25) is 4.39 Å². The van der Waals surface area contributed by atoms with E-state index in [0.29, 0.717) is 13.0 Å². The quantitative estimate of drug-likeness (QED) is 0.365. The molecule has 0 unspecified atom stereocenters. The molecule has 0 amide bonds. The van der Waals surface area contributed by atoms with E-state index in [-0.39, 0.29) is 6.67 Å². The number of carbonyl (C=O) groups excluding carboxylic acids is 1. The van der Waals surface area contributed by atoms with Crippen LogP contribution in [0.3, 0.4) is 0 Å². The number of carbonyl (C=O) groups is 2. The summed E-state index contributed by atoms with van der Waals surface area (Å²) in [6, 6.07) is 0. The Kier molecular flexibility index (Phi) is 10.2. The van der Waals surface area contributed by atoms with E-state index < -0.39 is 11.9 Å². The number of alkyl halides is 1. The first kappa shape index (κ1) is 15.6. The van der Waals surface area contributed by atoms with Gasteiger partial charge in [-0.1, -0.05) is 25.7 Å². The zero-order valence-electron chi connectivity index (χ0n) is 9.86. The van der Waals surface area contributed by atoms with Crippen LogP contribution >= 0.6 is 0 Å². The van der Waals surface area contributed by atoms with Crippen molar-refractivity contribution < 1.29 is 23.8 Å². The highest BCUT2D eigenvalue weighted by Gasteiger charge is 1.98. The van der Waals surface area contributed by atoms with Crippen molar-refractivity contribution in [2.24, 2.45) is 0 Å². The van der Waals surface area contributed by atoms with Gasteiger partial charge in [0.15, 0.2) is 0 Å². The van der Waals surface area contributed by atoms with Gasteiger partial charge in [0.1, 0.15) is 0 Å². The Morgan fingerprint density at radius 3 is 2.18 bits per heavy atom. The predicted octanol–water partition coefficient (Wildman–Crippen LogP) is 2.48. The zero-order chi connectivity index (χ0) is 12.9. The average Bonchev–Trinajstić information content (AvgIpc) is 2.30. The van der Waals surface area contributed by atoms with Crippen molar-refractivity contribution in [3.05, 3.63) is 12.2 Å². The minimum absolute atomic E-state index is 0.256. The summed E-state index contributed by atoms with van der Waals surface area (Å²) >= 11 is 0. The third-order valence-corrected chi connectivity index (χ3v) is 2.13. The summed E-state index contributed by atoms with van der Waals surface area (Å²) in [7, 11) is 0. The Hall–Kier alpha value is -1.39. The summed E-state index contributed by atoms with van der Waals surface area (Å²) in [5, 5.41) is 8.25. The third-order valence-electron chi connectivity index (χ3n) is 2.13. The largest absolute Gasteiger partial charge is 0.478 e. The highest BCUT2D eigenvalue weighted by molar-refractivity contribution is 5.90. The smallest absolute Gasteiger partial charge is 0.331 e. The molecule has 0 aliphatic rings. The van der Waals surface area contributed by atoms with Crippen LogP contribution in [-0.4, -0.2) is 30.3 Å². The van der Waals surface area contributed by atoms with Crippen molar-refractivity contribution in [3.63, 3.8) is 0 Å². The van der Waals surface area contributed by atoms with Crippen LogP contribution in [-0.2, 0) is 14.3 Å². The van der Waals surface area contributed by atoms with Crippen LogP contribution in [0, 0.1) is 0 Å². The number of esters is 1. The van der Waals surface area contributed by atoms with Crippen molar-refractivity contribution in [1.82, 2.24) is 0 Å². The van der Waals surface area contributed by atoms with Gasteiger partial charge in [0.25, 0.3) is 0 Å². The Balaban J connectivity index is 3.28. The molecule has 0 spiro atoms. The lowest BCUT2D eigenvalue weighted by Gasteiger charge is -2.01. The molecular weight excluding hydrogens is 227 g/mol. The molecule has 0 aromatic carbocycles. The monoisotopic (exact) mass is 246 g/mol. The fourth-order valence-electron chi connectivity index (χ4n) is 1.26. The van der Waals surface area contributed by atoms with Crippen LogP contribution < -0.4 is 0 Å². The molecule has 0 aliphatic heterocycles. The van der Waals surface area contributed by atoms with E-state index in [1.807, 2.05) is 0 Å². The maximum atomic E-state index is 11.7. The van der Waals surface area contributed by atoms with Crippen molar-refractivity contribution in [3.8, 4) is 0 Å². The van der Waals surface area contributed by atoms with E-state index in [2.05, 4.69) is 0 Å². The van der Waals surface area contributed by atoms with Gasteiger partial charge in [-0.25, -0.2) is 9.59 Å². The van der Waals surface area contributed by atoms with Crippen LogP contribution in [0.1, 0.15) is 38.5 Å². The van der Waals surface area contributed by atoms with E-state index in [1.165, 1.54) is 0 Å². The normalized spacial score (nSPS) is 10.6. The maximum absolute atomic E-state index is 11.7. The fourth-order valence-corrected chi connectivity index (χ4v) is 1.26. The molecule has 98 valence electrons. The summed E-state index contributed by atoms with van der Waals surface area (Å²) in [6.45, 7) is 0.0411. The van der Waals surface area contributed by atoms with Gasteiger partial charge in [0.05, 0.1) is 13.3 Å². The van der Waals surface area contributed by atoms with Crippen LogP contribution in [0.5, 0.6) is 0 Å². The van der Waals surface area contributed by atoms with Gasteiger partial charge in [0.2, 0.25) is 0 Å². The standard InChI is InChI=1S/C12H19FO4/c13-9-5-3-1-2-4-6-10-17-12(16)8-7-11(14)15/h7-8H,1-6,9-10H2,(H,14,15). The first-order valence-electron chi connectivity index (χ1n) is 5.80. The van der Waals surface area contributed by atoms with Gasteiger partial charge >= 0.3 is 11.9 Å². The minimum Gasteiger partial charge on any atom is -0.478 e. The lowest BCUT2D eigenvalue weighted by molar-refractivity contribution is -0.138. The van der Waals surface area contributed by atoms with E-state index in [9.17, 15) is 14.0 Å². The predicted molar refractivity (Wildman–Crippen MR) is 61.4 cm³/mol. The van der Waals surface area contributed by atoms with Crippen LogP contribution in [0.2, 0.25) is 0 Å². The average molecular weight is 246 g/mol. The second-order valence-electron chi connectivity index (χ2n) is 3.65. The van der Waals surface area contributed by atoms with Gasteiger partial charge in [0, 0.05) is 12.2 Å². The minimum atomic E-state index is -1.17. The number of aliphatic carboxylic acids is 1. The maximum Gasteiger partial charge on any atom is 0.331 e. The molecule has 1 N–H and O–H groups in total. The first-order valence-corrected chi connectivity index (χ1v) is 5.80. The van der Waals surface area contributed by atoms with E-state index in [0.717, 1.165) is 44.3 Å². The highest BCUT2D eigenvalue weighted by Crippen LogP contribution is 2.05. The summed E-state index contributed by atoms with van der Waals surface area (Å²) in [4.78, 5) is 21.0. The van der Waals surface area contributed by atoms with E-state index >= 15 is 0 Å². The molecule has 0 rings (SSSR count). The van der Waals surface area contributed by atoms with Crippen LogP contribution in [0.25, 0.3) is 0 Å². The van der Waals surface area contributed by atoms with Crippen molar-refractivity contribution in [2.75, 3.05) is 13.3 Å². The number of hydrogen-bond donors (Lipinski definition) is 1. The molecular formula is C12H19FO4. The van der Waals surface area contributed by atoms with Crippen LogP contribution in [0.15, 0.2) is 12.2 Å². The number of carboxylic acid groups (broad SMARTS) is 1. The van der Waals surface area contributed by atoms with Crippen molar-refractivity contribution in [1.29, 1.82) is 0 Å². The number of halogens is 1. The van der Waals surface area contributed by atoms with Crippen molar-refractivity contribution in [2.45, 2.75) is 38.5 Å². The van der Waals surface area contributed by atoms with Gasteiger partial charge < -0.3 is 9.84 Å². The molecule has 0 heterocycles. The Labute approximate surface area is 100 Å². The molecule has 0 atom stereocenters. The molecule has 5 heteroatoms. The summed E-state index contributed by atoms with van der Waals surface area (Å²) in [6.07, 6.45) is 6.85. The molecule has 0 fully saturated rings. The third kappa shape index (κ3) is 12.5. The molecule has 0 aliphatic carbocycles. The second-order valence-corrected chi connectivity index (χ2v) is 3.65. The molecule has 0 aromatic rings. The van der Waals surface area contributed by atoms with Gasteiger partial charge in [-0.15, -0.1) is 0 Å². The summed E-state index contributed by atoms with van der Waals surface area (Å²) < 4.78 is 16.5. The number of carboxylic acids is 1. The van der Waals surface area contributed by atoms with Crippen LogP contribution in [0.4, 0.5) is 4.39 Å². The molecule has 0 saturated carbocycles. The Morgan fingerprint density at radius 1 is 1.00 bits per heavy atom. The second kappa shape index (κ2) is 11.1. The molecule has 0 saturated heterocycles. The topological polar surface area (TPSA) is 63.6 Å². The molecule has 0 aromatic heterocycles. The van der Waals surface area contributed by atoms with E-state index in [1.54, 1.807) is 0 Å². The first-order chi connectivity index (χ1) is 8.16. The molecule has 17 heavy (non-hydrogen) atoms. The van der Waals surface area contributed by atoms with Gasteiger partial charge in [-0.2, -0.15) is 0 Å². The van der Waals surface area contributed by atoms with E-state index in [4.69, 9.17) is 9.84 Å². The molecule has 0 bridgehead atoms. The highest BCUT2D eigenvalue weighted by atomic mass is 19.1.